The first kappa shape index (κ1) is 13.6. The maximum Gasteiger partial charge on any atom is 0.243 e. The van der Waals surface area contributed by atoms with Gasteiger partial charge < -0.3 is 10.6 Å². The molecule has 0 unspecified atom stereocenters. The highest BCUT2D eigenvalue weighted by Crippen LogP contribution is 2.10. The van der Waals surface area contributed by atoms with Crippen LogP contribution in [0.3, 0.4) is 0 Å². The summed E-state index contributed by atoms with van der Waals surface area (Å²) in [5, 5.41) is 14.5. The number of aryl methyl sites for hydroxylation is 1. The van der Waals surface area contributed by atoms with Gasteiger partial charge in [0.05, 0.1) is 18.2 Å². The van der Waals surface area contributed by atoms with Gasteiger partial charge in [-0.1, -0.05) is 12.1 Å². The maximum absolute atomic E-state index is 11.8. The van der Waals surface area contributed by atoms with Crippen LogP contribution >= 0.6 is 0 Å². The third-order valence-electron chi connectivity index (χ3n) is 2.77. The number of anilines is 2. The Kier molecular flexibility index (Phi) is 4.35. The Morgan fingerprint density at radius 2 is 1.90 bits per heavy atom. The highest BCUT2D eigenvalue weighted by molar-refractivity contribution is 5.93. The zero-order valence-corrected chi connectivity index (χ0v) is 11.2. The first-order valence-electron chi connectivity index (χ1n) is 6.28. The number of amides is 1. The quantitative estimate of drug-likeness (QED) is 0.893. The Labute approximate surface area is 118 Å². The van der Waals surface area contributed by atoms with Gasteiger partial charge in [0.1, 0.15) is 0 Å². The average molecular weight is 265 g/mol. The van der Waals surface area contributed by atoms with E-state index >= 15 is 0 Å². The van der Waals surface area contributed by atoms with E-state index in [2.05, 4.69) is 10.6 Å². The standard InChI is InChI=1S/C16H15N3O/c1-12-3-2-4-15(9-12)18-11-16(20)19-14-7-5-13(10-17)6-8-14/h2-9,18H,11H2,1H3,(H,19,20). The molecule has 1 amide bonds. The molecule has 0 aliphatic heterocycles. The monoisotopic (exact) mass is 265 g/mol. The minimum Gasteiger partial charge on any atom is -0.376 e. The molecule has 0 bridgehead atoms. The molecule has 0 atom stereocenters. The Balaban J connectivity index is 1.87. The first-order chi connectivity index (χ1) is 9.67. The van der Waals surface area contributed by atoms with Crippen molar-refractivity contribution < 1.29 is 4.79 Å². The summed E-state index contributed by atoms with van der Waals surface area (Å²) in [5.41, 5.74) is 3.31. The van der Waals surface area contributed by atoms with E-state index in [-0.39, 0.29) is 12.5 Å². The summed E-state index contributed by atoms with van der Waals surface area (Å²) in [6.45, 7) is 2.20. The molecule has 2 aromatic carbocycles. The molecule has 0 radical (unpaired) electrons. The molecule has 0 fully saturated rings. The van der Waals surface area contributed by atoms with Gasteiger partial charge in [-0.3, -0.25) is 4.79 Å². The number of nitriles is 1. The van der Waals surface area contributed by atoms with Crippen LogP contribution in [0, 0.1) is 18.3 Å². The van der Waals surface area contributed by atoms with E-state index in [9.17, 15) is 4.79 Å². The summed E-state index contributed by atoms with van der Waals surface area (Å²) in [6, 6.07) is 16.6. The van der Waals surface area contributed by atoms with Crippen LogP contribution in [-0.4, -0.2) is 12.5 Å². The van der Waals surface area contributed by atoms with Gasteiger partial charge >= 0.3 is 0 Å². The van der Waals surface area contributed by atoms with Gasteiger partial charge in [0.2, 0.25) is 5.91 Å². The minimum absolute atomic E-state index is 0.129. The minimum atomic E-state index is -0.129. The van der Waals surface area contributed by atoms with Crippen LogP contribution in [0.25, 0.3) is 0 Å². The molecule has 0 heterocycles. The van der Waals surface area contributed by atoms with Crippen molar-refractivity contribution in [2.75, 3.05) is 17.2 Å². The molecule has 0 saturated heterocycles. The Hall–Kier alpha value is -2.80. The number of carbonyl (C=O) groups excluding carboxylic acids is 1. The second-order valence-corrected chi connectivity index (χ2v) is 4.46. The number of benzene rings is 2. The lowest BCUT2D eigenvalue weighted by Gasteiger charge is -2.08. The van der Waals surface area contributed by atoms with Crippen LogP contribution in [0.1, 0.15) is 11.1 Å². The number of hydrogen-bond acceptors (Lipinski definition) is 3. The summed E-state index contributed by atoms with van der Waals surface area (Å²) in [5.74, 6) is -0.129. The summed E-state index contributed by atoms with van der Waals surface area (Å²) in [4.78, 5) is 11.8. The molecule has 0 saturated carbocycles. The first-order valence-corrected chi connectivity index (χ1v) is 6.28. The molecule has 2 rings (SSSR count). The molecule has 100 valence electrons. The van der Waals surface area contributed by atoms with E-state index in [0.717, 1.165) is 11.3 Å². The lowest BCUT2D eigenvalue weighted by molar-refractivity contribution is -0.114. The fourth-order valence-corrected chi connectivity index (χ4v) is 1.77. The lowest BCUT2D eigenvalue weighted by Crippen LogP contribution is -2.21. The largest absolute Gasteiger partial charge is 0.376 e. The number of hydrogen-bond donors (Lipinski definition) is 2. The van der Waals surface area contributed by atoms with Crippen molar-refractivity contribution in [3.63, 3.8) is 0 Å². The highest BCUT2D eigenvalue weighted by Gasteiger charge is 2.02. The van der Waals surface area contributed by atoms with E-state index < -0.39 is 0 Å². The van der Waals surface area contributed by atoms with Crippen LogP contribution in [0.2, 0.25) is 0 Å². The van der Waals surface area contributed by atoms with E-state index in [1.54, 1.807) is 24.3 Å². The van der Waals surface area contributed by atoms with Crippen molar-refractivity contribution in [2.24, 2.45) is 0 Å². The van der Waals surface area contributed by atoms with E-state index in [1.807, 2.05) is 37.3 Å². The van der Waals surface area contributed by atoms with E-state index in [0.29, 0.717) is 11.3 Å². The van der Waals surface area contributed by atoms with Gasteiger partial charge in [0, 0.05) is 11.4 Å². The summed E-state index contributed by atoms with van der Waals surface area (Å²) < 4.78 is 0. The fraction of sp³-hybridized carbons (Fsp3) is 0.125. The van der Waals surface area contributed by atoms with Crippen molar-refractivity contribution in [3.05, 3.63) is 59.7 Å². The molecule has 4 heteroatoms. The molecule has 4 nitrogen and oxygen atoms in total. The van der Waals surface area contributed by atoms with Gasteiger partial charge in [-0.05, 0) is 48.9 Å². The SMILES string of the molecule is Cc1cccc(NCC(=O)Nc2ccc(C#N)cc2)c1. The molecule has 0 aliphatic rings. The second kappa shape index (κ2) is 6.39. The lowest BCUT2D eigenvalue weighted by atomic mass is 10.2. The predicted octanol–water partition coefficient (Wildman–Crippen LogP) is 2.92. The third kappa shape index (κ3) is 3.85. The van der Waals surface area contributed by atoms with Gasteiger partial charge in [0.15, 0.2) is 0 Å². The predicted molar refractivity (Wildman–Crippen MR) is 79.5 cm³/mol. The van der Waals surface area contributed by atoms with E-state index in [1.165, 1.54) is 0 Å². The second-order valence-electron chi connectivity index (χ2n) is 4.46. The van der Waals surface area contributed by atoms with Crippen LogP contribution < -0.4 is 10.6 Å². The van der Waals surface area contributed by atoms with Gasteiger partial charge in [0.25, 0.3) is 0 Å². The van der Waals surface area contributed by atoms with Crippen molar-refractivity contribution in [1.29, 1.82) is 5.26 Å². The number of rotatable bonds is 4. The van der Waals surface area contributed by atoms with Crippen LogP contribution in [0.5, 0.6) is 0 Å². The van der Waals surface area contributed by atoms with Gasteiger partial charge in [-0.15, -0.1) is 0 Å². The van der Waals surface area contributed by atoms with E-state index in [4.69, 9.17) is 5.26 Å². The highest BCUT2D eigenvalue weighted by atomic mass is 16.1. The van der Waals surface area contributed by atoms with Crippen molar-refractivity contribution in [3.8, 4) is 6.07 Å². The molecule has 2 aromatic rings. The number of nitrogens with zero attached hydrogens (tertiary/aromatic N) is 1. The zero-order valence-electron chi connectivity index (χ0n) is 11.2. The van der Waals surface area contributed by atoms with Gasteiger partial charge in [-0.2, -0.15) is 5.26 Å². The number of carbonyl (C=O) groups is 1. The molecular weight excluding hydrogens is 250 g/mol. The molecule has 0 aliphatic carbocycles. The molecule has 20 heavy (non-hydrogen) atoms. The Bertz CT molecular complexity index is 642. The summed E-state index contributed by atoms with van der Waals surface area (Å²) in [7, 11) is 0. The summed E-state index contributed by atoms with van der Waals surface area (Å²) in [6.07, 6.45) is 0. The molecule has 0 aromatic heterocycles. The van der Waals surface area contributed by atoms with Crippen LogP contribution in [0.4, 0.5) is 11.4 Å². The maximum atomic E-state index is 11.8. The Morgan fingerprint density at radius 3 is 2.55 bits per heavy atom. The number of nitrogens with one attached hydrogen (secondary N) is 2. The van der Waals surface area contributed by atoms with Gasteiger partial charge in [-0.25, -0.2) is 0 Å². The molecule has 0 spiro atoms. The normalized spacial score (nSPS) is 9.60. The smallest absolute Gasteiger partial charge is 0.243 e. The van der Waals surface area contributed by atoms with Crippen molar-refractivity contribution in [1.82, 2.24) is 0 Å². The topological polar surface area (TPSA) is 64.9 Å². The Morgan fingerprint density at radius 1 is 1.15 bits per heavy atom. The van der Waals surface area contributed by atoms with Crippen LogP contribution in [-0.2, 0) is 4.79 Å². The zero-order chi connectivity index (χ0) is 14.4. The van der Waals surface area contributed by atoms with Crippen molar-refractivity contribution >= 4 is 17.3 Å². The van der Waals surface area contributed by atoms with Crippen LogP contribution in [0.15, 0.2) is 48.5 Å². The molecule has 2 N–H and O–H groups in total. The third-order valence-corrected chi connectivity index (χ3v) is 2.77. The fourth-order valence-electron chi connectivity index (χ4n) is 1.77. The average Bonchev–Trinajstić information content (AvgIpc) is 2.46. The molecular formula is C16H15N3O. The van der Waals surface area contributed by atoms with Crippen molar-refractivity contribution in [2.45, 2.75) is 6.92 Å². The summed E-state index contributed by atoms with van der Waals surface area (Å²) >= 11 is 0.